The Labute approximate surface area is 110 Å². The van der Waals surface area contributed by atoms with Crippen LogP contribution < -0.4 is 0 Å². The van der Waals surface area contributed by atoms with E-state index in [0.29, 0.717) is 0 Å². The van der Waals surface area contributed by atoms with Crippen LogP contribution in [-0.2, 0) is 16.5 Å². The number of pyridine rings is 2. The summed E-state index contributed by atoms with van der Waals surface area (Å²) in [6.45, 7) is 4.25. The molecule has 0 aliphatic heterocycles. The van der Waals surface area contributed by atoms with Gasteiger partial charge in [-0.25, -0.2) is 0 Å². The van der Waals surface area contributed by atoms with Crippen molar-refractivity contribution < 1.29 is 16.5 Å². The maximum atomic E-state index is 4.47. The van der Waals surface area contributed by atoms with Gasteiger partial charge in [-0.05, 0) is 43.2 Å². The van der Waals surface area contributed by atoms with Crippen LogP contribution in [0.25, 0.3) is 21.8 Å². The van der Waals surface area contributed by atoms with Crippen LogP contribution in [0.4, 0.5) is 0 Å². The van der Waals surface area contributed by atoms with Crippen LogP contribution in [0.1, 0.15) is 11.1 Å². The minimum Gasteiger partial charge on any atom is -0.254 e. The molecule has 3 aromatic rings. The second-order valence-corrected chi connectivity index (χ2v) is 4.12. The molecule has 86 valence electrons. The number of benzene rings is 1. The smallest absolute Gasteiger partial charge is 0.254 e. The largest absolute Gasteiger partial charge is 2.00 e. The molecule has 0 saturated heterocycles. The Bertz CT molecular complexity index is 692. The monoisotopic (exact) mass is 266 g/mol. The van der Waals surface area contributed by atoms with Crippen LogP contribution in [0, 0.1) is 13.8 Å². The third kappa shape index (κ3) is 1.81. The Kier molecular flexibility index (Phi) is 3.12. The molecule has 3 rings (SSSR count). The first-order valence-corrected chi connectivity index (χ1v) is 5.37. The predicted molar refractivity (Wildman–Crippen MR) is 66.5 cm³/mol. The van der Waals surface area contributed by atoms with E-state index in [-0.39, 0.29) is 16.5 Å². The summed E-state index contributed by atoms with van der Waals surface area (Å²) in [4.78, 5) is 8.90. The van der Waals surface area contributed by atoms with Gasteiger partial charge in [0.2, 0.25) is 0 Å². The molecular formula is C14H12N2Ni+2. The van der Waals surface area contributed by atoms with E-state index in [1.54, 1.807) is 0 Å². The van der Waals surface area contributed by atoms with E-state index in [2.05, 4.69) is 35.9 Å². The zero-order valence-corrected chi connectivity index (χ0v) is 10.7. The number of rotatable bonds is 0. The van der Waals surface area contributed by atoms with Crippen molar-refractivity contribution >= 4 is 21.8 Å². The van der Waals surface area contributed by atoms with Crippen LogP contribution in [0.3, 0.4) is 0 Å². The Morgan fingerprint density at radius 1 is 0.882 bits per heavy atom. The number of aryl methyl sites for hydroxylation is 2. The molecule has 0 aliphatic rings. The molecular weight excluding hydrogens is 255 g/mol. The summed E-state index contributed by atoms with van der Waals surface area (Å²) in [6, 6.07) is 8.27. The zero-order valence-electron chi connectivity index (χ0n) is 9.67. The van der Waals surface area contributed by atoms with Gasteiger partial charge in [0.05, 0.1) is 11.0 Å². The average molecular weight is 267 g/mol. The van der Waals surface area contributed by atoms with Crippen molar-refractivity contribution in [2.75, 3.05) is 0 Å². The minimum atomic E-state index is 0. The Morgan fingerprint density at radius 2 is 1.65 bits per heavy atom. The van der Waals surface area contributed by atoms with Crippen molar-refractivity contribution in [1.82, 2.24) is 9.97 Å². The van der Waals surface area contributed by atoms with E-state index in [1.165, 1.54) is 16.5 Å². The van der Waals surface area contributed by atoms with Crippen molar-refractivity contribution in [3.05, 3.63) is 47.8 Å². The molecule has 0 bridgehead atoms. The molecule has 0 unspecified atom stereocenters. The molecule has 0 amide bonds. The first-order valence-electron chi connectivity index (χ1n) is 5.37. The molecule has 1 aromatic carbocycles. The van der Waals surface area contributed by atoms with Gasteiger partial charge in [0.15, 0.2) is 0 Å². The van der Waals surface area contributed by atoms with Gasteiger partial charge in [-0.3, -0.25) is 9.97 Å². The van der Waals surface area contributed by atoms with Gasteiger partial charge in [0, 0.05) is 23.2 Å². The summed E-state index contributed by atoms with van der Waals surface area (Å²) in [7, 11) is 0. The second-order valence-electron chi connectivity index (χ2n) is 4.12. The molecule has 0 atom stereocenters. The second kappa shape index (κ2) is 4.42. The molecule has 0 saturated carbocycles. The molecule has 3 heteroatoms. The van der Waals surface area contributed by atoms with E-state index >= 15 is 0 Å². The molecule has 0 aliphatic carbocycles. The van der Waals surface area contributed by atoms with Crippen LogP contribution in [-0.4, -0.2) is 9.97 Å². The van der Waals surface area contributed by atoms with Crippen molar-refractivity contribution in [2.24, 2.45) is 0 Å². The van der Waals surface area contributed by atoms with Gasteiger partial charge in [-0.1, -0.05) is 6.07 Å². The van der Waals surface area contributed by atoms with Crippen LogP contribution in [0.2, 0.25) is 0 Å². The number of fused-ring (bicyclic) bond motifs is 3. The summed E-state index contributed by atoms with van der Waals surface area (Å²) >= 11 is 0. The van der Waals surface area contributed by atoms with Gasteiger partial charge < -0.3 is 0 Å². The fourth-order valence-corrected chi connectivity index (χ4v) is 2.27. The third-order valence-corrected chi connectivity index (χ3v) is 2.99. The van der Waals surface area contributed by atoms with E-state index in [4.69, 9.17) is 0 Å². The van der Waals surface area contributed by atoms with Crippen LogP contribution in [0.5, 0.6) is 0 Å². The normalized spacial score (nSPS) is 10.5. The van der Waals surface area contributed by atoms with Gasteiger partial charge >= 0.3 is 16.5 Å². The van der Waals surface area contributed by atoms with Crippen molar-refractivity contribution in [3.63, 3.8) is 0 Å². The Hall–Kier alpha value is -1.47. The molecule has 0 N–H and O–H groups in total. The van der Waals surface area contributed by atoms with Crippen LogP contribution in [0.15, 0.2) is 36.7 Å². The summed E-state index contributed by atoms with van der Waals surface area (Å²) in [5.41, 5.74) is 4.53. The topological polar surface area (TPSA) is 25.8 Å². The van der Waals surface area contributed by atoms with Gasteiger partial charge in [0.25, 0.3) is 0 Å². The molecule has 17 heavy (non-hydrogen) atoms. The van der Waals surface area contributed by atoms with Gasteiger partial charge in [-0.2, -0.15) is 0 Å². The fraction of sp³-hybridized carbons (Fsp3) is 0.143. The van der Waals surface area contributed by atoms with Crippen LogP contribution >= 0.6 is 0 Å². The quantitative estimate of drug-likeness (QED) is 0.460. The minimum absolute atomic E-state index is 0. The van der Waals surface area contributed by atoms with E-state index < -0.39 is 0 Å². The Balaban J connectivity index is 0.00000108. The van der Waals surface area contributed by atoms with Crippen molar-refractivity contribution in [3.8, 4) is 0 Å². The first kappa shape index (κ1) is 12.0. The first-order chi connectivity index (χ1) is 7.77. The molecule has 2 aromatic heterocycles. The van der Waals surface area contributed by atoms with E-state index in [9.17, 15) is 0 Å². The number of hydrogen-bond acceptors (Lipinski definition) is 2. The standard InChI is InChI=1S/C14H12N2.Ni/c1-9-5-7-16-14-12(9)10(2)8-11-4-3-6-15-13(11)14;/h3-8H,1-2H3;/q;+2. The average Bonchev–Trinajstić information content (AvgIpc) is 2.29. The van der Waals surface area contributed by atoms with Gasteiger partial charge in [0.1, 0.15) is 0 Å². The van der Waals surface area contributed by atoms with Crippen molar-refractivity contribution in [2.45, 2.75) is 13.8 Å². The molecule has 0 fully saturated rings. The third-order valence-electron chi connectivity index (χ3n) is 2.99. The molecule has 0 radical (unpaired) electrons. The van der Waals surface area contributed by atoms with E-state index in [1.807, 2.05) is 24.5 Å². The molecule has 2 heterocycles. The maximum Gasteiger partial charge on any atom is 2.00 e. The van der Waals surface area contributed by atoms with Gasteiger partial charge in [-0.15, -0.1) is 0 Å². The number of hydrogen-bond donors (Lipinski definition) is 0. The fourth-order valence-electron chi connectivity index (χ4n) is 2.27. The van der Waals surface area contributed by atoms with E-state index in [0.717, 1.165) is 16.4 Å². The molecule has 0 spiro atoms. The summed E-state index contributed by atoms with van der Waals surface area (Å²) < 4.78 is 0. The SMILES string of the molecule is Cc1ccnc2c1c(C)cc1cccnc12.[Ni+2]. The summed E-state index contributed by atoms with van der Waals surface area (Å²) in [5.74, 6) is 0. The predicted octanol–water partition coefficient (Wildman–Crippen LogP) is 3.40. The van der Waals surface area contributed by atoms with Crippen molar-refractivity contribution in [1.29, 1.82) is 0 Å². The number of nitrogens with zero attached hydrogens (tertiary/aromatic N) is 2. The molecule has 2 nitrogen and oxygen atoms in total. The maximum absolute atomic E-state index is 4.47. The number of aromatic nitrogens is 2. The summed E-state index contributed by atoms with van der Waals surface area (Å²) in [6.07, 6.45) is 3.67. The Morgan fingerprint density at radius 3 is 2.47 bits per heavy atom. The summed E-state index contributed by atoms with van der Waals surface area (Å²) in [5, 5.41) is 2.39. The zero-order chi connectivity index (χ0) is 11.1.